The average Bonchev–Trinajstić information content (AvgIpc) is 2.85. The molecular weight excluding hydrogens is 230 g/mol. The van der Waals surface area contributed by atoms with Crippen molar-refractivity contribution in [2.45, 2.75) is 51.5 Å². The maximum absolute atomic E-state index is 11.6. The minimum atomic E-state index is -0.185. The Morgan fingerprint density at radius 1 is 1.44 bits per heavy atom. The highest BCUT2D eigenvalue weighted by molar-refractivity contribution is 5.75. The van der Waals surface area contributed by atoms with Crippen molar-refractivity contribution in [2.75, 3.05) is 20.3 Å². The molecule has 4 heteroatoms. The summed E-state index contributed by atoms with van der Waals surface area (Å²) in [7, 11) is 1.44. The monoisotopic (exact) mass is 257 g/mol. The fraction of sp³-hybridized carbons (Fsp3) is 0.929. The topological polar surface area (TPSA) is 58.6 Å². The van der Waals surface area contributed by atoms with Crippen molar-refractivity contribution in [2.24, 2.45) is 11.8 Å². The molecule has 1 rings (SSSR count). The molecule has 0 aromatic rings. The van der Waals surface area contributed by atoms with Gasteiger partial charge in [-0.2, -0.15) is 0 Å². The van der Waals surface area contributed by atoms with Gasteiger partial charge in [0.2, 0.25) is 0 Å². The minimum absolute atomic E-state index is 0.165. The van der Waals surface area contributed by atoms with E-state index in [9.17, 15) is 9.90 Å². The number of hydrogen-bond donors (Lipinski definition) is 2. The largest absolute Gasteiger partial charge is 0.468 e. The molecule has 0 aromatic heterocycles. The Hall–Kier alpha value is -0.610. The molecule has 0 spiro atoms. The lowest BCUT2D eigenvalue weighted by molar-refractivity contribution is -0.143. The van der Waals surface area contributed by atoms with Crippen LogP contribution in [0.4, 0.5) is 0 Å². The minimum Gasteiger partial charge on any atom is -0.468 e. The van der Waals surface area contributed by atoms with E-state index in [4.69, 9.17) is 4.74 Å². The van der Waals surface area contributed by atoms with E-state index < -0.39 is 0 Å². The van der Waals surface area contributed by atoms with E-state index in [1.54, 1.807) is 0 Å². The van der Waals surface area contributed by atoms with Crippen molar-refractivity contribution in [3.63, 3.8) is 0 Å². The summed E-state index contributed by atoms with van der Waals surface area (Å²) in [5, 5.41) is 12.6. The lowest BCUT2D eigenvalue weighted by atomic mass is 9.96. The van der Waals surface area contributed by atoms with Gasteiger partial charge in [0.1, 0.15) is 6.04 Å². The van der Waals surface area contributed by atoms with Crippen LogP contribution in [0.5, 0.6) is 0 Å². The average molecular weight is 257 g/mol. The van der Waals surface area contributed by atoms with Gasteiger partial charge in [-0.3, -0.25) is 4.79 Å². The zero-order valence-electron chi connectivity index (χ0n) is 11.7. The number of rotatable bonds is 8. The fourth-order valence-corrected chi connectivity index (χ4v) is 2.77. The zero-order valence-corrected chi connectivity index (χ0v) is 11.7. The summed E-state index contributed by atoms with van der Waals surface area (Å²) in [4.78, 5) is 11.6. The second kappa shape index (κ2) is 8.48. The SMILES string of the molecule is CCCCC(NCC1CCCC1CO)C(=O)OC. The van der Waals surface area contributed by atoms with Crippen molar-refractivity contribution in [3.05, 3.63) is 0 Å². The Balaban J connectivity index is 2.38. The number of carbonyl (C=O) groups excluding carboxylic acids is 1. The highest BCUT2D eigenvalue weighted by atomic mass is 16.5. The summed E-state index contributed by atoms with van der Waals surface area (Å²) < 4.78 is 4.83. The summed E-state index contributed by atoms with van der Waals surface area (Å²) >= 11 is 0. The normalized spacial score (nSPS) is 25.1. The van der Waals surface area contributed by atoms with Gasteiger partial charge in [0.25, 0.3) is 0 Å². The Morgan fingerprint density at radius 2 is 2.17 bits per heavy atom. The third-order valence-corrected chi connectivity index (χ3v) is 4.01. The van der Waals surface area contributed by atoms with Crippen molar-refractivity contribution in [1.29, 1.82) is 0 Å². The predicted molar refractivity (Wildman–Crippen MR) is 71.2 cm³/mol. The molecule has 1 fully saturated rings. The van der Waals surface area contributed by atoms with Gasteiger partial charge in [0.15, 0.2) is 0 Å². The van der Waals surface area contributed by atoms with E-state index in [2.05, 4.69) is 12.2 Å². The molecule has 0 saturated heterocycles. The number of hydrogen-bond acceptors (Lipinski definition) is 4. The second-order valence-electron chi connectivity index (χ2n) is 5.26. The molecule has 2 N–H and O–H groups in total. The lowest BCUT2D eigenvalue weighted by Crippen LogP contribution is -2.41. The van der Waals surface area contributed by atoms with Gasteiger partial charge in [-0.1, -0.05) is 26.2 Å². The second-order valence-corrected chi connectivity index (χ2v) is 5.26. The molecule has 1 saturated carbocycles. The molecule has 0 radical (unpaired) electrons. The molecule has 3 unspecified atom stereocenters. The highest BCUT2D eigenvalue weighted by Crippen LogP contribution is 2.30. The van der Waals surface area contributed by atoms with E-state index in [1.165, 1.54) is 13.5 Å². The molecule has 0 aromatic carbocycles. The van der Waals surface area contributed by atoms with Gasteiger partial charge in [-0.05, 0) is 37.6 Å². The summed E-state index contributed by atoms with van der Waals surface area (Å²) in [6, 6.07) is -0.185. The molecule has 0 aliphatic heterocycles. The van der Waals surface area contributed by atoms with E-state index in [-0.39, 0.29) is 18.6 Å². The number of unbranched alkanes of at least 4 members (excludes halogenated alkanes) is 1. The fourth-order valence-electron chi connectivity index (χ4n) is 2.77. The first-order chi connectivity index (χ1) is 8.72. The number of aliphatic hydroxyl groups excluding tert-OH is 1. The number of carbonyl (C=O) groups is 1. The standard InChI is InChI=1S/C14H27NO3/c1-3-4-8-13(14(17)18-2)15-9-11-6-5-7-12(11)10-16/h11-13,15-16H,3-10H2,1-2H3. The number of esters is 1. The Bertz CT molecular complexity index is 245. The first kappa shape index (κ1) is 15.4. The smallest absolute Gasteiger partial charge is 0.322 e. The van der Waals surface area contributed by atoms with Crippen LogP contribution in [-0.4, -0.2) is 37.4 Å². The van der Waals surface area contributed by atoms with Gasteiger partial charge < -0.3 is 15.2 Å². The lowest BCUT2D eigenvalue weighted by Gasteiger charge is -2.22. The molecule has 1 aliphatic rings. The maximum atomic E-state index is 11.6. The van der Waals surface area contributed by atoms with Gasteiger partial charge in [0, 0.05) is 6.61 Å². The Morgan fingerprint density at radius 3 is 2.78 bits per heavy atom. The van der Waals surface area contributed by atoms with Gasteiger partial charge in [-0.25, -0.2) is 0 Å². The third-order valence-electron chi connectivity index (χ3n) is 4.01. The van der Waals surface area contributed by atoms with Crippen molar-refractivity contribution in [3.8, 4) is 0 Å². The molecule has 0 bridgehead atoms. The quantitative estimate of drug-likeness (QED) is 0.650. The molecular formula is C14H27NO3. The van der Waals surface area contributed by atoms with E-state index in [0.717, 1.165) is 38.6 Å². The molecule has 0 heterocycles. The Labute approximate surface area is 110 Å². The maximum Gasteiger partial charge on any atom is 0.322 e. The van der Waals surface area contributed by atoms with Crippen LogP contribution in [0.2, 0.25) is 0 Å². The van der Waals surface area contributed by atoms with Gasteiger partial charge >= 0.3 is 5.97 Å². The van der Waals surface area contributed by atoms with Crippen LogP contribution in [-0.2, 0) is 9.53 Å². The van der Waals surface area contributed by atoms with Crippen molar-refractivity contribution >= 4 is 5.97 Å². The van der Waals surface area contributed by atoms with Crippen molar-refractivity contribution < 1.29 is 14.6 Å². The van der Waals surface area contributed by atoms with Crippen LogP contribution in [0.3, 0.4) is 0 Å². The van der Waals surface area contributed by atoms with E-state index in [0.29, 0.717) is 11.8 Å². The zero-order chi connectivity index (χ0) is 13.4. The summed E-state index contributed by atoms with van der Waals surface area (Å²) in [5.74, 6) is 0.743. The highest BCUT2D eigenvalue weighted by Gasteiger charge is 2.28. The summed E-state index contributed by atoms with van der Waals surface area (Å²) in [6.45, 7) is 3.20. The molecule has 3 atom stereocenters. The van der Waals surface area contributed by atoms with Crippen LogP contribution in [0.1, 0.15) is 45.4 Å². The van der Waals surface area contributed by atoms with Crippen LogP contribution in [0, 0.1) is 11.8 Å². The summed E-state index contributed by atoms with van der Waals surface area (Å²) in [6.07, 6.45) is 6.40. The summed E-state index contributed by atoms with van der Waals surface area (Å²) in [5.41, 5.74) is 0. The predicted octanol–water partition coefficient (Wildman–Crippen LogP) is 1.72. The van der Waals surface area contributed by atoms with E-state index in [1.807, 2.05) is 0 Å². The van der Waals surface area contributed by atoms with Crippen LogP contribution in [0.25, 0.3) is 0 Å². The van der Waals surface area contributed by atoms with Gasteiger partial charge in [-0.15, -0.1) is 0 Å². The third kappa shape index (κ3) is 4.58. The Kier molecular flexibility index (Phi) is 7.28. The van der Waals surface area contributed by atoms with Crippen LogP contribution >= 0.6 is 0 Å². The first-order valence-corrected chi connectivity index (χ1v) is 7.15. The molecule has 0 amide bonds. The number of aliphatic hydroxyl groups is 1. The van der Waals surface area contributed by atoms with Crippen LogP contribution in [0.15, 0.2) is 0 Å². The van der Waals surface area contributed by atoms with Gasteiger partial charge in [0.05, 0.1) is 7.11 Å². The molecule has 18 heavy (non-hydrogen) atoms. The molecule has 1 aliphatic carbocycles. The molecule has 4 nitrogen and oxygen atoms in total. The number of ether oxygens (including phenoxy) is 1. The van der Waals surface area contributed by atoms with E-state index >= 15 is 0 Å². The first-order valence-electron chi connectivity index (χ1n) is 7.15. The van der Waals surface area contributed by atoms with Crippen molar-refractivity contribution in [1.82, 2.24) is 5.32 Å². The van der Waals surface area contributed by atoms with Crippen LogP contribution < -0.4 is 5.32 Å². The molecule has 106 valence electrons. The number of methoxy groups -OCH3 is 1. The number of nitrogens with one attached hydrogen (secondary N) is 1.